The van der Waals surface area contributed by atoms with E-state index in [0.29, 0.717) is 54.3 Å². The summed E-state index contributed by atoms with van der Waals surface area (Å²) in [5, 5.41) is 2.64. The number of amides is 1. The number of benzene rings is 2. The Hall–Kier alpha value is -3.62. The lowest BCUT2D eigenvalue weighted by Gasteiger charge is -2.17. The largest absolute Gasteiger partial charge is 0.497 e. The summed E-state index contributed by atoms with van der Waals surface area (Å²) in [5.41, 5.74) is 0.622. The minimum absolute atomic E-state index is 0.177. The van der Waals surface area contributed by atoms with Crippen molar-refractivity contribution >= 4 is 17.6 Å². The maximum atomic E-state index is 12.6. The Balaban J connectivity index is 2.12. The van der Waals surface area contributed by atoms with Crippen LogP contribution in [0, 0.1) is 0 Å². The van der Waals surface area contributed by atoms with E-state index >= 15 is 0 Å². The van der Waals surface area contributed by atoms with Crippen LogP contribution in [0.15, 0.2) is 30.3 Å². The highest BCUT2D eigenvalue weighted by Gasteiger charge is 2.20. The quantitative estimate of drug-likeness (QED) is 0.492. The molecule has 0 saturated carbocycles. The molecule has 9 nitrogen and oxygen atoms in total. The van der Waals surface area contributed by atoms with Gasteiger partial charge in [-0.1, -0.05) is 0 Å². The highest BCUT2D eigenvalue weighted by Crippen LogP contribution is 2.39. The van der Waals surface area contributed by atoms with Gasteiger partial charge in [0.15, 0.2) is 18.1 Å². The molecule has 0 spiro atoms. The summed E-state index contributed by atoms with van der Waals surface area (Å²) in [6.45, 7) is 6.13. The lowest BCUT2D eigenvalue weighted by Crippen LogP contribution is -2.21. The zero-order valence-electron chi connectivity index (χ0n) is 19.0. The fourth-order valence-electron chi connectivity index (χ4n) is 2.80. The zero-order chi connectivity index (χ0) is 23.5. The van der Waals surface area contributed by atoms with Crippen molar-refractivity contribution in [3.05, 3.63) is 35.9 Å². The average molecular weight is 447 g/mol. The molecular formula is C23H29NO8. The van der Waals surface area contributed by atoms with Crippen LogP contribution >= 0.6 is 0 Å². The molecule has 1 N–H and O–H groups in total. The third kappa shape index (κ3) is 6.69. The molecule has 0 radical (unpaired) electrons. The van der Waals surface area contributed by atoms with E-state index in [1.165, 1.54) is 26.4 Å². The first kappa shape index (κ1) is 24.6. The van der Waals surface area contributed by atoms with Crippen molar-refractivity contribution in [3.63, 3.8) is 0 Å². The molecule has 174 valence electrons. The minimum atomic E-state index is -0.701. The molecule has 2 aromatic rings. The average Bonchev–Trinajstić information content (AvgIpc) is 2.79. The summed E-state index contributed by atoms with van der Waals surface area (Å²) < 4.78 is 32.3. The Morgan fingerprint density at radius 1 is 0.781 bits per heavy atom. The predicted octanol–water partition coefficient (Wildman–Crippen LogP) is 3.70. The Labute approximate surface area is 187 Å². The number of hydrogen-bond acceptors (Lipinski definition) is 8. The zero-order valence-corrected chi connectivity index (χ0v) is 19.0. The van der Waals surface area contributed by atoms with Crippen molar-refractivity contribution in [2.75, 3.05) is 46.0 Å². The standard InChI is InChI=1S/C23H29NO8/c1-6-29-19-9-15(10-20(30-7-2)22(19)31-8-3)23(26)32-14-21(25)24-16-11-17(27-4)13-18(12-16)28-5/h9-13H,6-8,14H2,1-5H3,(H,24,25). The Kier molecular flexibility index (Phi) is 9.46. The van der Waals surface area contributed by atoms with E-state index in [2.05, 4.69) is 5.32 Å². The number of nitrogens with one attached hydrogen (secondary N) is 1. The topological polar surface area (TPSA) is 102 Å². The van der Waals surface area contributed by atoms with Crippen LogP contribution in [0.5, 0.6) is 28.7 Å². The van der Waals surface area contributed by atoms with Gasteiger partial charge in [0.05, 0.1) is 39.6 Å². The molecule has 0 aromatic heterocycles. The minimum Gasteiger partial charge on any atom is -0.497 e. The van der Waals surface area contributed by atoms with Gasteiger partial charge in [0.2, 0.25) is 5.75 Å². The summed E-state index contributed by atoms with van der Waals surface area (Å²) in [7, 11) is 3.01. The van der Waals surface area contributed by atoms with E-state index in [-0.39, 0.29) is 5.56 Å². The van der Waals surface area contributed by atoms with Crippen LogP contribution in [-0.2, 0) is 9.53 Å². The lowest BCUT2D eigenvalue weighted by atomic mass is 10.2. The Bertz CT molecular complexity index is 879. The van der Waals surface area contributed by atoms with Gasteiger partial charge in [-0.05, 0) is 32.9 Å². The van der Waals surface area contributed by atoms with Crippen molar-refractivity contribution in [1.82, 2.24) is 0 Å². The molecule has 2 aromatic carbocycles. The van der Waals surface area contributed by atoms with Crippen molar-refractivity contribution in [2.24, 2.45) is 0 Å². The van der Waals surface area contributed by atoms with Gasteiger partial charge in [-0.15, -0.1) is 0 Å². The van der Waals surface area contributed by atoms with Crippen LogP contribution in [0.25, 0.3) is 0 Å². The van der Waals surface area contributed by atoms with Gasteiger partial charge in [-0.3, -0.25) is 4.79 Å². The second kappa shape index (κ2) is 12.3. The van der Waals surface area contributed by atoms with Crippen molar-refractivity contribution in [1.29, 1.82) is 0 Å². The highest BCUT2D eigenvalue weighted by atomic mass is 16.5. The summed E-state index contributed by atoms with van der Waals surface area (Å²) in [5.74, 6) is 0.941. The van der Waals surface area contributed by atoms with Crippen LogP contribution in [-0.4, -0.2) is 52.5 Å². The second-order valence-electron chi connectivity index (χ2n) is 6.33. The monoisotopic (exact) mass is 447 g/mol. The predicted molar refractivity (Wildman–Crippen MR) is 118 cm³/mol. The fraction of sp³-hybridized carbons (Fsp3) is 0.391. The van der Waals surface area contributed by atoms with E-state index in [1.807, 2.05) is 20.8 Å². The molecule has 32 heavy (non-hydrogen) atoms. The van der Waals surface area contributed by atoms with Gasteiger partial charge >= 0.3 is 5.97 Å². The Morgan fingerprint density at radius 2 is 1.31 bits per heavy atom. The highest BCUT2D eigenvalue weighted by molar-refractivity contribution is 5.96. The lowest BCUT2D eigenvalue weighted by molar-refractivity contribution is -0.119. The molecule has 0 aliphatic rings. The maximum Gasteiger partial charge on any atom is 0.338 e. The van der Waals surface area contributed by atoms with Crippen LogP contribution < -0.4 is 29.0 Å². The molecule has 0 unspecified atom stereocenters. The van der Waals surface area contributed by atoms with Crippen molar-refractivity contribution in [2.45, 2.75) is 20.8 Å². The number of rotatable bonds is 12. The van der Waals surface area contributed by atoms with Crippen LogP contribution in [0.2, 0.25) is 0 Å². The molecule has 0 saturated heterocycles. The van der Waals surface area contributed by atoms with Crippen LogP contribution in [0.4, 0.5) is 5.69 Å². The third-order valence-electron chi connectivity index (χ3n) is 4.11. The van der Waals surface area contributed by atoms with Crippen molar-refractivity contribution < 1.29 is 38.0 Å². The van der Waals surface area contributed by atoms with Gasteiger partial charge in [-0.25, -0.2) is 4.79 Å². The van der Waals surface area contributed by atoms with E-state index in [4.69, 9.17) is 28.4 Å². The number of hydrogen-bond donors (Lipinski definition) is 1. The normalized spacial score (nSPS) is 10.2. The van der Waals surface area contributed by atoms with E-state index in [9.17, 15) is 9.59 Å². The van der Waals surface area contributed by atoms with Gasteiger partial charge < -0.3 is 33.7 Å². The number of carbonyl (C=O) groups is 2. The molecule has 0 atom stereocenters. The molecular weight excluding hydrogens is 418 g/mol. The van der Waals surface area contributed by atoms with E-state index in [1.54, 1.807) is 18.2 Å². The molecule has 0 bridgehead atoms. The van der Waals surface area contributed by atoms with Gasteiger partial charge in [0.1, 0.15) is 11.5 Å². The molecule has 0 fully saturated rings. The number of methoxy groups -OCH3 is 2. The summed E-state index contributed by atoms with van der Waals surface area (Å²) in [6, 6.07) is 7.93. The summed E-state index contributed by atoms with van der Waals surface area (Å²) in [4.78, 5) is 24.9. The van der Waals surface area contributed by atoms with E-state index < -0.39 is 18.5 Å². The second-order valence-corrected chi connectivity index (χ2v) is 6.33. The summed E-state index contributed by atoms with van der Waals surface area (Å²) in [6.07, 6.45) is 0. The molecule has 0 aliphatic carbocycles. The first-order valence-electron chi connectivity index (χ1n) is 10.2. The van der Waals surface area contributed by atoms with Gasteiger partial charge in [0.25, 0.3) is 5.91 Å². The van der Waals surface area contributed by atoms with Crippen molar-refractivity contribution in [3.8, 4) is 28.7 Å². The van der Waals surface area contributed by atoms with Crippen LogP contribution in [0.1, 0.15) is 31.1 Å². The third-order valence-corrected chi connectivity index (χ3v) is 4.11. The number of ether oxygens (including phenoxy) is 6. The first-order chi connectivity index (χ1) is 15.4. The first-order valence-corrected chi connectivity index (χ1v) is 10.2. The number of carbonyl (C=O) groups excluding carboxylic acids is 2. The maximum absolute atomic E-state index is 12.6. The summed E-state index contributed by atoms with van der Waals surface area (Å²) >= 11 is 0. The van der Waals surface area contributed by atoms with E-state index in [0.717, 1.165) is 0 Å². The molecule has 0 heterocycles. The van der Waals surface area contributed by atoms with Gasteiger partial charge in [0, 0.05) is 23.9 Å². The Morgan fingerprint density at radius 3 is 1.78 bits per heavy atom. The molecule has 9 heteroatoms. The van der Waals surface area contributed by atoms with Crippen LogP contribution in [0.3, 0.4) is 0 Å². The smallest absolute Gasteiger partial charge is 0.338 e. The van der Waals surface area contributed by atoms with Gasteiger partial charge in [-0.2, -0.15) is 0 Å². The SMILES string of the molecule is CCOc1cc(C(=O)OCC(=O)Nc2cc(OC)cc(OC)c2)cc(OCC)c1OCC. The molecule has 0 aliphatic heterocycles. The molecule has 2 rings (SSSR count). The number of esters is 1. The fourth-order valence-corrected chi connectivity index (χ4v) is 2.80. The number of anilines is 1. The molecule has 1 amide bonds.